The van der Waals surface area contributed by atoms with Crippen molar-refractivity contribution >= 4 is 5.91 Å². The van der Waals surface area contributed by atoms with Gasteiger partial charge in [0.2, 0.25) is 5.91 Å². The van der Waals surface area contributed by atoms with Crippen molar-refractivity contribution in [2.45, 2.75) is 58.5 Å². The molecule has 1 aromatic heterocycles. The molecule has 0 bridgehead atoms. The Balaban J connectivity index is 1.86. The van der Waals surface area contributed by atoms with Gasteiger partial charge in [0, 0.05) is 11.5 Å². The van der Waals surface area contributed by atoms with Crippen LogP contribution in [0.5, 0.6) is 0 Å². The van der Waals surface area contributed by atoms with Crippen LogP contribution in [0, 0.1) is 5.41 Å². The molecule has 0 saturated heterocycles. The SMILES string of the molecule is CC(Cn1cncn1)NC(=O)C1(C)CCCCC1. The van der Waals surface area contributed by atoms with E-state index < -0.39 is 0 Å². The molecule has 1 aromatic rings. The van der Waals surface area contributed by atoms with E-state index in [1.165, 1.54) is 25.6 Å². The predicted molar refractivity (Wildman–Crippen MR) is 68.8 cm³/mol. The average Bonchev–Trinajstić information content (AvgIpc) is 2.82. The van der Waals surface area contributed by atoms with Crippen LogP contribution in [0.15, 0.2) is 12.7 Å². The van der Waals surface area contributed by atoms with Crippen molar-refractivity contribution in [3.63, 3.8) is 0 Å². The molecular weight excluding hydrogens is 228 g/mol. The Morgan fingerprint density at radius 1 is 1.44 bits per heavy atom. The molecule has 5 heteroatoms. The van der Waals surface area contributed by atoms with Crippen LogP contribution in [0.3, 0.4) is 0 Å². The van der Waals surface area contributed by atoms with E-state index in [1.807, 2.05) is 6.92 Å². The van der Waals surface area contributed by atoms with Crippen LogP contribution in [0.25, 0.3) is 0 Å². The number of carbonyl (C=O) groups is 1. The fraction of sp³-hybridized carbons (Fsp3) is 0.769. The smallest absolute Gasteiger partial charge is 0.226 e. The number of rotatable bonds is 4. The summed E-state index contributed by atoms with van der Waals surface area (Å²) in [5, 5.41) is 7.15. The summed E-state index contributed by atoms with van der Waals surface area (Å²) in [6, 6.07) is 0.0814. The summed E-state index contributed by atoms with van der Waals surface area (Å²) in [5.74, 6) is 0.190. The molecule has 2 rings (SSSR count). The van der Waals surface area contributed by atoms with E-state index in [9.17, 15) is 4.79 Å². The number of amides is 1. The van der Waals surface area contributed by atoms with Crippen LogP contribution in [0.1, 0.15) is 46.0 Å². The van der Waals surface area contributed by atoms with Crippen LogP contribution in [0.4, 0.5) is 0 Å². The number of nitrogens with one attached hydrogen (secondary N) is 1. The highest BCUT2D eigenvalue weighted by atomic mass is 16.2. The lowest BCUT2D eigenvalue weighted by Gasteiger charge is -2.33. The maximum atomic E-state index is 12.3. The highest BCUT2D eigenvalue weighted by Gasteiger charge is 2.34. The fourth-order valence-electron chi connectivity index (χ4n) is 2.61. The molecule has 0 spiro atoms. The van der Waals surface area contributed by atoms with Gasteiger partial charge < -0.3 is 5.32 Å². The van der Waals surface area contributed by atoms with Gasteiger partial charge in [-0.25, -0.2) is 4.98 Å². The molecule has 1 atom stereocenters. The second-order valence-corrected chi connectivity index (χ2v) is 5.61. The lowest BCUT2D eigenvalue weighted by Crippen LogP contribution is -2.45. The highest BCUT2D eigenvalue weighted by molar-refractivity contribution is 5.82. The maximum absolute atomic E-state index is 12.3. The first-order valence-corrected chi connectivity index (χ1v) is 6.73. The first-order valence-electron chi connectivity index (χ1n) is 6.73. The van der Waals surface area contributed by atoms with Gasteiger partial charge in [0.25, 0.3) is 0 Å². The van der Waals surface area contributed by atoms with E-state index in [2.05, 4.69) is 22.3 Å². The summed E-state index contributed by atoms with van der Waals surface area (Å²) in [6.07, 6.45) is 8.80. The Bertz CT molecular complexity index is 382. The number of aromatic nitrogens is 3. The second-order valence-electron chi connectivity index (χ2n) is 5.61. The van der Waals surface area contributed by atoms with E-state index in [1.54, 1.807) is 11.0 Å². The van der Waals surface area contributed by atoms with Gasteiger partial charge in [-0.15, -0.1) is 0 Å². The number of nitrogens with zero attached hydrogens (tertiary/aromatic N) is 3. The molecule has 1 N–H and O–H groups in total. The fourth-order valence-corrected chi connectivity index (χ4v) is 2.61. The van der Waals surface area contributed by atoms with Gasteiger partial charge in [0.1, 0.15) is 12.7 Å². The van der Waals surface area contributed by atoms with Crippen molar-refractivity contribution in [1.82, 2.24) is 20.1 Å². The van der Waals surface area contributed by atoms with Crippen LogP contribution in [-0.2, 0) is 11.3 Å². The first kappa shape index (κ1) is 13.1. The van der Waals surface area contributed by atoms with E-state index in [-0.39, 0.29) is 17.4 Å². The van der Waals surface area contributed by atoms with Crippen LogP contribution in [0.2, 0.25) is 0 Å². The third-order valence-corrected chi connectivity index (χ3v) is 3.81. The normalized spacial score (nSPS) is 20.3. The quantitative estimate of drug-likeness (QED) is 0.885. The van der Waals surface area contributed by atoms with Gasteiger partial charge >= 0.3 is 0 Å². The third-order valence-electron chi connectivity index (χ3n) is 3.81. The topological polar surface area (TPSA) is 59.8 Å². The zero-order chi connectivity index (χ0) is 13.0. The van der Waals surface area contributed by atoms with Crippen molar-refractivity contribution < 1.29 is 4.79 Å². The zero-order valence-electron chi connectivity index (χ0n) is 11.2. The molecule has 1 heterocycles. The van der Waals surface area contributed by atoms with Gasteiger partial charge in [-0.05, 0) is 19.8 Å². The van der Waals surface area contributed by atoms with E-state index in [4.69, 9.17) is 0 Å². The van der Waals surface area contributed by atoms with Crippen molar-refractivity contribution in [2.24, 2.45) is 5.41 Å². The van der Waals surface area contributed by atoms with Gasteiger partial charge in [0.05, 0.1) is 6.54 Å². The summed E-state index contributed by atoms with van der Waals surface area (Å²) >= 11 is 0. The highest BCUT2D eigenvalue weighted by Crippen LogP contribution is 2.35. The molecule has 5 nitrogen and oxygen atoms in total. The number of hydrogen-bond donors (Lipinski definition) is 1. The van der Waals surface area contributed by atoms with E-state index in [0.29, 0.717) is 6.54 Å². The minimum absolute atomic E-state index is 0.0814. The molecule has 0 aromatic carbocycles. The summed E-state index contributed by atoms with van der Waals surface area (Å²) in [7, 11) is 0. The second kappa shape index (κ2) is 5.50. The lowest BCUT2D eigenvalue weighted by molar-refractivity contribution is -0.132. The van der Waals surface area contributed by atoms with Crippen LogP contribution in [-0.4, -0.2) is 26.7 Å². The lowest BCUT2D eigenvalue weighted by atomic mass is 9.75. The Morgan fingerprint density at radius 3 is 2.78 bits per heavy atom. The monoisotopic (exact) mass is 250 g/mol. The molecule has 1 aliphatic rings. The largest absolute Gasteiger partial charge is 0.351 e. The number of hydrogen-bond acceptors (Lipinski definition) is 3. The predicted octanol–water partition coefficient (Wildman–Crippen LogP) is 1.75. The van der Waals surface area contributed by atoms with Gasteiger partial charge in [-0.2, -0.15) is 5.10 Å². The minimum Gasteiger partial charge on any atom is -0.351 e. The van der Waals surface area contributed by atoms with Crippen molar-refractivity contribution in [3.05, 3.63) is 12.7 Å². The van der Waals surface area contributed by atoms with E-state index >= 15 is 0 Å². The maximum Gasteiger partial charge on any atom is 0.226 e. The van der Waals surface area contributed by atoms with Crippen molar-refractivity contribution in [3.8, 4) is 0 Å². The molecule has 18 heavy (non-hydrogen) atoms. The molecule has 1 amide bonds. The Kier molecular flexibility index (Phi) is 3.99. The minimum atomic E-state index is -0.172. The molecule has 1 saturated carbocycles. The third kappa shape index (κ3) is 3.09. The molecule has 1 fully saturated rings. The summed E-state index contributed by atoms with van der Waals surface area (Å²) in [4.78, 5) is 16.2. The van der Waals surface area contributed by atoms with Crippen molar-refractivity contribution in [1.29, 1.82) is 0 Å². The molecule has 0 radical (unpaired) electrons. The van der Waals surface area contributed by atoms with Gasteiger partial charge in [-0.1, -0.05) is 26.2 Å². The Morgan fingerprint density at radius 2 is 2.17 bits per heavy atom. The van der Waals surface area contributed by atoms with Crippen molar-refractivity contribution in [2.75, 3.05) is 0 Å². The zero-order valence-corrected chi connectivity index (χ0v) is 11.2. The molecular formula is C13H22N4O. The van der Waals surface area contributed by atoms with Gasteiger partial charge in [-0.3, -0.25) is 9.48 Å². The standard InChI is InChI=1S/C13H22N4O/c1-11(8-17-10-14-9-15-17)16-12(18)13(2)6-4-3-5-7-13/h9-11H,3-8H2,1-2H3,(H,16,18). The summed E-state index contributed by atoms with van der Waals surface area (Å²) < 4.78 is 1.74. The Hall–Kier alpha value is -1.39. The molecule has 1 unspecified atom stereocenters. The Labute approximate surface area is 108 Å². The molecule has 1 aliphatic carbocycles. The van der Waals surface area contributed by atoms with Crippen LogP contribution < -0.4 is 5.32 Å². The molecule has 0 aliphatic heterocycles. The summed E-state index contributed by atoms with van der Waals surface area (Å²) in [5.41, 5.74) is -0.172. The number of carbonyl (C=O) groups excluding carboxylic acids is 1. The molecule has 100 valence electrons. The summed E-state index contributed by atoms with van der Waals surface area (Å²) in [6.45, 7) is 4.76. The average molecular weight is 250 g/mol. The van der Waals surface area contributed by atoms with Gasteiger partial charge in [0.15, 0.2) is 0 Å². The van der Waals surface area contributed by atoms with Crippen LogP contribution >= 0.6 is 0 Å². The van der Waals surface area contributed by atoms with E-state index in [0.717, 1.165) is 12.8 Å². The first-order chi connectivity index (χ1) is 8.60.